The fourth-order valence-electron chi connectivity index (χ4n) is 3.87. The lowest BCUT2D eigenvalue weighted by Crippen LogP contribution is -2.24. The number of fused-ring (bicyclic) bond motifs is 1. The monoisotopic (exact) mass is 404 g/mol. The van der Waals surface area contributed by atoms with Crippen LogP contribution in [0.1, 0.15) is 44.2 Å². The molecule has 3 heterocycles. The normalized spacial score (nSPS) is 17.3. The molecule has 7 heteroatoms. The number of hydrogen-bond donors (Lipinski definition) is 1. The van der Waals surface area contributed by atoms with E-state index in [0.29, 0.717) is 24.4 Å². The smallest absolute Gasteiger partial charge is 0.228 e. The van der Waals surface area contributed by atoms with Crippen LogP contribution in [-0.2, 0) is 9.59 Å². The minimum atomic E-state index is 0.0360. The Hall–Kier alpha value is -3.22. The third-order valence-corrected chi connectivity index (χ3v) is 5.76. The maximum Gasteiger partial charge on any atom is 0.228 e. The van der Waals surface area contributed by atoms with Crippen LogP contribution in [0.2, 0.25) is 0 Å². The Balaban J connectivity index is 1.43. The molecule has 0 bridgehead atoms. The molecule has 3 aromatic rings. The Morgan fingerprint density at radius 3 is 2.73 bits per heavy atom. The number of carbonyl (C=O) groups is 2. The number of aromatic nitrogens is 3. The van der Waals surface area contributed by atoms with E-state index in [4.69, 9.17) is 4.74 Å². The quantitative estimate of drug-likeness (QED) is 0.696. The summed E-state index contributed by atoms with van der Waals surface area (Å²) < 4.78 is 8.01. The van der Waals surface area contributed by atoms with Crippen molar-refractivity contribution in [1.29, 1.82) is 0 Å². The number of anilines is 1. The van der Waals surface area contributed by atoms with Gasteiger partial charge in [0.2, 0.25) is 5.91 Å². The first-order chi connectivity index (χ1) is 14.5. The first-order valence-corrected chi connectivity index (χ1v) is 10.5. The third-order valence-electron chi connectivity index (χ3n) is 5.76. The fourth-order valence-corrected chi connectivity index (χ4v) is 3.87. The number of amides is 1. The largest absolute Gasteiger partial charge is 0.488 e. The highest BCUT2D eigenvalue weighted by molar-refractivity contribution is 5.93. The fraction of sp³-hybridized carbons (Fsp3) is 0.391. The summed E-state index contributed by atoms with van der Waals surface area (Å²) in [6.07, 6.45) is 8.27. The standard InChI is InChI=1S/C23H24N4O3/c1-14-10-20(21(13-24-14)30-19-6-4-18(28)5-7-19)16-8-9-27-17(11-16)12-22(26-27)25-23(29)15-2-3-15/h8-13,15,19H,2-7H2,1H3,(H,25,26,29). The van der Waals surface area contributed by atoms with Gasteiger partial charge in [0.25, 0.3) is 0 Å². The molecule has 2 aliphatic rings. The van der Waals surface area contributed by atoms with E-state index in [1.54, 1.807) is 10.7 Å². The van der Waals surface area contributed by atoms with Crippen LogP contribution in [0, 0.1) is 12.8 Å². The van der Waals surface area contributed by atoms with Gasteiger partial charge >= 0.3 is 0 Å². The van der Waals surface area contributed by atoms with Crippen molar-refractivity contribution >= 4 is 23.0 Å². The maximum absolute atomic E-state index is 12.0. The van der Waals surface area contributed by atoms with Gasteiger partial charge in [-0.2, -0.15) is 5.10 Å². The summed E-state index contributed by atoms with van der Waals surface area (Å²) in [6, 6.07) is 7.91. The van der Waals surface area contributed by atoms with E-state index in [0.717, 1.165) is 53.8 Å². The number of carbonyl (C=O) groups excluding carboxylic acids is 2. The van der Waals surface area contributed by atoms with Gasteiger partial charge in [0, 0.05) is 42.3 Å². The molecule has 0 radical (unpaired) electrons. The van der Waals surface area contributed by atoms with Crippen LogP contribution in [0.25, 0.3) is 16.6 Å². The van der Waals surface area contributed by atoms with E-state index in [9.17, 15) is 9.59 Å². The van der Waals surface area contributed by atoms with Gasteiger partial charge in [0.15, 0.2) is 5.82 Å². The molecule has 30 heavy (non-hydrogen) atoms. The number of nitrogens with zero attached hydrogens (tertiary/aromatic N) is 3. The van der Waals surface area contributed by atoms with Crippen molar-refractivity contribution in [3.8, 4) is 16.9 Å². The van der Waals surface area contributed by atoms with Gasteiger partial charge < -0.3 is 10.1 Å². The van der Waals surface area contributed by atoms with E-state index in [2.05, 4.69) is 15.4 Å². The average molecular weight is 404 g/mol. The minimum absolute atomic E-state index is 0.0360. The van der Waals surface area contributed by atoms with Gasteiger partial charge in [-0.3, -0.25) is 14.6 Å². The molecule has 1 amide bonds. The van der Waals surface area contributed by atoms with Gasteiger partial charge in [-0.1, -0.05) is 0 Å². The van der Waals surface area contributed by atoms with Crippen molar-refractivity contribution < 1.29 is 14.3 Å². The van der Waals surface area contributed by atoms with Crippen LogP contribution in [0.4, 0.5) is 5.82 Å². The molecular formula is C23H24N4O3. The summed E-state index contributed by atoms with van der Waals surface area (Å²) in [5.74, 6) is 1.79. The number of Topliss-reactive ketones (excluding diaryl/α,β-unsaturated/α-hetero) is 1. The lowest BCUT2D eigenvalue weighted by atomic mass is 9.96. The van der Waals surface area contributed by atoms with Gasteiger partial charge in [0.05, 0.1) is 17.8 Å². The Bertz CT molecular complexity index is 1120. The second kappa shape index (κ2) is 7.55. The van der Waals surface area contributed by atoms with E-state index in [1.807, 2.05) is 37.4 Å². The SMILES string of the molecule is Cc1cc(-c2ccn3nc(NC(=O)C4CC4)cc3c2)c(OC2CCC(=O)CC2)cn1. The molecule has 2 fully saturated rings. The molecule has 0 saturated heterocycles. The maximum atomic E-state index is 12.0. The lowest BCUT2D eigenvalue weighted by Gasteiger charge is -2.23. The van der Waals surface area contributed by atoms with Crippen LogP contribution >= 0.6 is 0 Å². The predicted octanol–water partition coefficient (Wildman–Crippen LogP) is 3.94. The molecule has 7 nitrogen and oxygen atoms in total. The molecule has 2 saturated carbocycles. The van der Waals surface area contributed by atoms with Gasteiger partial charge in [-0.05, 0) is 56.4 Å². The van der Waals surface area contributed by atoms with E-state index in [-0.39, 0.29) is 17.9 Å². The Labute approximate surface area is 174 Å². The van der Waals surface area contributed by atoms with Crippen LogP contribution in [0.5, 0.6) is 5.75 Å². The van der Waals surface area contributed by atoms with Crippen LogP contribution in [0.15, 0.2) is 36.7 Å². The van der Waals surface area contributed by atoms with Gasteiger partial charge in [-0.15, -0.1) is 0 Å². The van der Waals surface area contributed by atoms with Crippen molar-refractivity contribution in [2.24, 2.45) is 5.92 Å². The highest BCUT2D eigenvalue weighted by Gasteiger charge is 2.30. The number of aryl methyl sites for hydroxylation is 1. The molecule has 0 aliphatic heterocycles. The Morgan fingerprint density at radius 2 is 1.97 bits per heavy atom. The molecule has 5 rings (SSSR count). The predicted molar refractivity (Wildman–Crippen MR) is 112 cm³/mol. The molecule has 3 aromatic heterocycles. The Morgan fingerprint density at radius 1 is 1.17 bits per heavy atom. The van der Waals surface area contributed by atoms with Crippen molar-refractivity contribution in [2.75, 3.05) is 5.32 Å². The topological polar surface area (TPSA) is 85.6 Å². The molecule has 0 unspecified atom stereocenters. The van der Waals surface area contributed by atoms with Gasteiger partial charge in [0.1, 0.15) is 11.5 Å². The van der Waals surface area contributed by atoms with E-state index >= 15 is 0 Å². The number of ether oxygens (including phenoxy) is 1. The zero-order chi connectivity index (χ0) is 20.7. The average Bonchev–Trinajstić information content (AvgIpc) is 3.51. The molecule has 2 aliphatic carbocycles. The van der Waals surface area contributed by atoms with Gasteiger partial charge in [-0.25, -0.2) is 4.52 Å². The molecule has 1 N–H and O–H groups in total. The van der Waals surface area contributed by atoms with E-state index in [1.165, 1.54) is 0 Å². The molecule has 154 valence electrons. The van der Waals surface area contributed by atoms with Crippen molar-refractivity contribution in [3.63, 3.8) is 0 Å². The summed E-state index contributed by atoms with van der Waals surface area (Å²) in [7, 11) is 0. The first kappa shape index (κ1) is 18.8. The summed E-state index contributed by atoms with van der Waals surface area (Å²) in [6.45, 7) is 1.95. The number of rotatable bonds is 5. The first-order valence-electron chi connectivity index (χ1n) is 10.5. The molecular weight excluding hydrogens is 380 g/mol. The van der Waals surface area contributed by atoms with Crippen molar-refractivity contribution in [1.82, 2.24) is 14.6 Å². The minimum Gasteiger partial charge on any atom is -0.488 e. The molecule has 0 aromatic carbocycles. The zero-order valence-electron chi connectivity index (χ0n) is 16.9. The summed E-state index contributed by atoms with van der Waals surface area (Å²) in [5.41, 5.74) is 3.76. The number of ketones is 1. The number of pyridine rings is 2. The van der Waals surface area contributed by atoms with Crippen LogP contribution in [-0.4, -0.2) is 32.4 Å². The highest BCUT2D eigenvalue weighted by atomic mass is 16.5. The number of hydrogen-bond acceptors (Lipinski definition) is 5. The Kier molecular flexibility index (Phi) is 4.73. The molecule has 0 atom stereocenters. The van der Waals surface area contributed by atoms with Crippen LogP contribution < -0.4 is 10.1 Å². The summed E-state index contributed by atoms with van der Waals surface area (Å²) >= 11 is 0. The number of nitrogens with one attached hydrogen (secondary N) is 1. The highest BCUT2D eigenvalue weighted by Crippen LogP contribution is 2.34. The second-order valence-electron chi connectivity index (χ2n) is 8.26. The molecule has 0 spiro atoms. The van der Waals surface area contributed by atoms with E-state index < -0.39 is 0 Å². The summed E-state index contributed by atoms with van der Waals surface area (Å²) in [5, 5.41) is 7.35. The second-order valence-corrected chi connectivity index (χ2v) is 8.26. The van der Waals surface area contributed by atoms with Crippen LogP contribution in [0.3, 0.4) is 0 Å². The zero-order valence-corrected chi connectivity index (χ0v) is 16.9. The third kappa shape index (κ3) is 3.92. The lowest BCUT2D eigenvalue weighted by molar-refractivity contribution is -0.121. The van der Waals surface area contributed by atoms with Crippen molar-refractivity contribution in [3.05, 3.63) is 42.4 Å². The van der Waals surface area contributed by atoms with Crippen molar-refractivity contribution in [2.45, 2.75) is 51.6 Å². The summed E-state index contributed by atoms with van der Waals surface area (Å²) in [4.78, 5) is 28.0.